The highest BCUT2D eigenvalue weighted by molar-refractivity contribution is 7.11. The number of ketones is 1. The average molecular weight is 286 g/mol. The maximum atomic E-state index is 12.3. The SMILES string of the molecule is Cc1ccc(C)c(C(=O)c2nsc(Cl)c2Cl)c1. The van der Waals surface area contributed by atoms with E-state index in [1.54, 1.807) is 0 Å². The standard InChI is InChI=1S/C12H9Cl2NOS/c1-6-3-4-7(2)8(5-6)11(16)10-9(13)12(14)17-15-10/h3-5H,1-2H3. The second kappa shape index (κ2) is 4.77. The Kier molecular flexibility index (Phi) is 3.52. The highest BCUT2D eigenvalue weighted by atomic mass is 35.5. The Labute approximate surface area is 113 Å². The Morgan fingerprint density at radius 1 is 1.29 bits per heavy atom. The molecule has 0 aliphatic carbocycles. The van der Waals surface area contributed by atoms with Crippen LogP contribution in [0.1, 0.15) is 27.2 Å². The first-order valence-corrected chi connectivity index (χ1v) is 6.46. The molecule has 0 aliphatic rings. The molecule has 1 aromatic carbocycles. The van der Waals surface area contributed by atoms with Gasteiger partial charge in [-0.05, 0) is 37.0 Å². The molecule has 1 heterocycles. The van der Waals surface area contributed by atoms with Crippen molar-refractivity contribution in [3.05, 3.63) is 49.9 Å². The summed E-state index contributed by atoms with van der Waals surface area (Å²) in [5.41, 5.74) is 2.78. The summed E-state index contributed by atoms with van der Waals surface area (Å²) in [4.78, 5) is 12.3. The second-order valence-corrected chi connectivity index (χ2v) is 5.52. The van der Waals surface area contributed by atoms with E-state index in [2.05, 4.69) is 4.37 Å². The van der Waals surface area contributed by atoms with E-state index in [1.165, 1.54) is 0 Å². The minimum absolute atomic E-state index is 0.181. The van der Waals surface area contributed by atoms with Gasteiger partial charge in [-0.2, -0.15) is 4.37 Å². The predicted octanol–water partition coefficient (Wildman–Crippen LogP) is 4.30. The lowest BCUT2D eigenvalue weighted by Crippen LogP contribution is -2.05. The van der Waals surface area contributed by atoms with Crippen molar-refractivity contribution in [1.29, 1.82) is 0 Å². The van der Waals surface area contributed by atoms with E-state index < -0.39 is 0 Å². The zero-order valence-corrected chi connectivity index (χ0v) is 11.6. The predicted molar refractivity (Wildman–Crippen MR) is 71.5 cm³/mol. The van der Waals surface area contributed by atoms with Crippen LogP contribution in [0.5, 0.6) is 0 Å². The summed E-state index contributed by atoms with van der Waals surface area (Å²) >= 11 is 12.8. The lowest BCUT2D eigenvalue weighted by Gasteiger charge is -2.04. The highest BCUT2D eigenvalue weighted by Gasteiger charge is 2.20. The minimum atomic E-state index is -0.181. The number of nitrogens with zero attached hydrogens (tertiary/aromatic N) is 1. The fourth-order valence-corrected chi connectivity index (χ4v) is 2.51. The molecule has 0 aliphatic heterocycles. The molecule has 0 unspecified atom stereocenters. The van der Waals surface area contributed by atoms with E-state index in [1.807, 2.05) is 32.0 Å². The summed E-state index contributed by atoms with van der Waals surface area (Å²) in [6.45, 7) is 3.82. The van der Waals surface area contributed by atoms with Gasteiger partial charge in [-0.1, -0.05) is 40.9 Å². The molecule has 2 nitrogen and oxygen atoms in total. The minimum Gasteiger partial charge on any atom is -0.287 e. The van der Waals surface area contributed by atoms with Crippen LogP contribution in [0.4, 0.5) is 0 Å². The number of benzene rings is 1. The topological polar surface area (TPSA) is 30.0 Å². The van der Waals surface area contributed by atoms with Crippen molar-refractivity contribution < 1.29 is 4.79 Å². The third kappa shape index (κ3) is 2.37. The number of hydrogen-bond acceptors (Lipinski definition) is 3. The number of rotatable bonds is 2. The van der Waals surface area contributed by atoms with Crippen LogP contribution < -0.4 is 0 Å². The zero-order chi connectivity index (χ0) is 12.6. The van der Waals surface area contributed by atoms with Crippen molar-refractivity contribution in [2.45, 2.75) is 13.8 Å². The van der Waals surface area contributed by atoms with E-state index in [0.717, 1.165) is 22.7 Å². The molecule has 0 saturated heterocycles. The van der Waals surface area contributed by atoms with Crippen molar-refractivity contribution in [1.82, 2.24) is 4.37 Å². The number of aromatic nitrogens is 1. The first-order valence-electron chi connectivity index (χ1n) is 4.93. The lowest BCUT2D eigenvalue weighted by atomic mass is 10.0. The molecule has 88 valence electrons. The Morgan fingerprint density at radius 2 is 2.00 bits per heavy atom. The Hall–Kier alpha value is -0.900. The van der Waals surface area contributed by atoms with Gasteiger partial charge in [0.1, 0.15) is 15.1 Å². The molecule has 2 rings (SSSR count). The molecule has 0 bridgehead atoms. The van der Waals surface area contributed by atoms with Crippen LogP contribution in [0, 0.1) is 13.8 Å². The van der Waals surface area contributed by atoms with Crippen LogP contribution in [0.15, 0.2) is 18.2 Å². The van der Waals surface area contributed by atoms with Gasteiger partial charge < -0.3 is 0 Å². The monoisotopic (exact) mass is 285 g/mol. The van der Waals surface area contributed by atoms with Crippen LogP contribution in [-0.4, -0.2) is 10.2 Å². The molecule has 17 heavy (non-hydrogen) atoms. The normalized spacial score (nSPS) is 10.6. The van der Waals surface area contributed by atoms with Crippen molar-refractivity contribution in [3.63, 3.8) is 0 Å². The quantitative estimate of drug-likeness (QED) is 0.770. The van der Waals surface area contributed by atoms with Gasteiger partial charge in [-0.25, -0.2) is 0 Å². The fraction of sp³-hybridized carbons (Fsp3) is 0.167. The van der Waals surface area contributed by atoms with Gasteiger partial charge in [-0.15, -0.1) is 0 Å². The highest BCUT2D eigenvalue weighted by Crippen LogP contribution is 2.31. The van der Waals surface area contributed by atoms with Gasteiger partial charge in [0.05, 0.1) is 0 Å². The molecule has 0 radical (unpaired) electrons. The molecule has 0 atom stereocenters. The molecule has 0 N–H and O–H groups in total. The van der Waals surface area contributed by atoms with Crippen LogP contribution in [0.25, 0.3) is 0 Å². The van der Waals surface area contributed by atoms with E-state index in [9.17, 15) is 4.79 Å². The Bertz CT molecular complexity index is 592. The van der Waals surface area contributed by atoms with E-state index in [-0.39, 0.29) is 16.5 Å². The van der Waals surface area contributed by atoms with Gasteiger partial charge in [0.15, 0.2) is 0 Å². The smallest absolute Gasteiger partial charge is 0.214 e. The first-order chi connectivity index (χ1) is 8.00. The average Bonchev–Trinajstić information content (AvgIpc) is 2.62. The lowest BCUT2D eigenvalue weighted by molar-refractivity contribution is 0.103. The third-order valence-electron chi connectivity index (χ3n) is 2.45. The van der Waals surface area contributed by atoms with Crippen LogP contribution >= 0.6 is 34.7 Å². The maximum absolute atomic E-state index is 12.3. The Morgan fingerprint density at radius 3 is 2.59 bits per heavy atom. The maximum Gasteiger partial charge on any atom is 0.214 e. The van der Waals surface area contributed by atoms with E-state index in [0.29, 0.717) is 9.90 Å². The molecule has 0 amide bonds. The van der Waals surface area contributed by atoms with Gasteiger partial charge in [0, 0.05) is 5.56 Å². The largest absolute Gasteiger partial charge is 0.287 e. The molecule has 0 fully saturated rings. The molecule has 0 spiro atoms. The van der Waals surface area contributed by atoms with Crippen molar-refractivity contribution in [2.24, 2.45) is 0 Å². The number of hydrogen-bond donors (Lipinski definition) is 0. The zero-order valence-electron chi connectivity index (χ0n) is 9.25. The molecule has 0 saturated carbocycles. The summed E-state index contributed by atoms with van der Waals surface area (Å²) in [5.74, 6) is -0.181. The fourth-order valence-electron chi connectivity index (χ4n) is 1.51. The van der Waals surface area contributed by atoms with Gasteiger partial charge in [-0.3, -0.25) is 4.79 Å². The summed E-state index contributed by atoms with van der Waals surface area (Å²) < 4.78 is 4.34. The molecule has 2 aromatic rings. The third-order valence-corrected chi connectivity index (χ3v) is 4.06. The second-order valence-electron chi connectivity index (χ2n) is 3.77. The van der Waals surface area contributed by atoms with Crippen LogP contribution in [0.3, 0.4) is 0 Å². The number of carbonyl (C=O) groups is 1. The van der Waals surface area contributed by atoms with Gasteiger partial charge in [0.2, 0.25) is 5.78 Å². The first kappa shape index (κ1) is 12.6. The molecular formula is C12H9Cl2NOS. The summed E-state index contributed by atoms with van der Waals surface area (Å²) in [6.07, 6.45) is 0. The molecular weight excluding hydrogens is 277 g/mol. The number of carbonyl (C=O) groups excluding carboxylic acids is 1. The number of aryl methyl sites for hydroxylation is 2. The van der Waals surface area contributed by atoms with Crippen molar-refractivity contribution in [2.75, 3.05) is 0 Å². The molecule has 1 aromatic heterocycles. The summed E-state index contributed by atoms with van der Waals surface area (Å²) in [7, 11) is 0. The van der Waals surface area contributed by atoms with Crippen LogP contribution in [0.2, 0.25) is 9.36 Å². The van der Waals surface area contributed by atoms with Crippen molar-refractivity contribution >= 4 is 40.5 Å². The van der Waals surface area contributed by atoms with E-state index in [4.69, 9.17) is 23.2 Å². The van der Waals surface area contributed by atoms with Gasteiger partial charge in [0.25, 0.3) is 0 Å². The van der Waals surface area contributed by atoms with Crippen LogP contribution in [-0.2, 0) is 0 Å². The van der Waals surface area contributed by atoms with E-state index >= 15 is 0 Å². The Balaban J connectivity index is 2.51. The number of halogens is 2. The summed E-state index contributed by atoms with van der Waals surface area (Å²) in [6, 6.07) is 5.70. The molecule has 5 heteroatoms. The van der Waals surface area contributed by atoms with Crippen molar-refractivity contribution in [3.8, 4) is 0 Å². The summed E-state index contributed by atoms with van der Waals surface area (Å²) in [5, 5.41) is 0.238. The van der Waals surface area contributed by atoms with Gasteiger partial charge >= 0.3 is 0 Å².